The number of thiophene rings is 1. The van der Waals surface area contributed by atoms with Crippen molar-refractivity contribution in [2.75, 3.05) is 31.0 Å². The summed E-state index contributed by atoms with van der Waals surface area (Å²) in [5, 5.41) is 5.33. The molecule has 0 fully saturated rings. The molecule has 1 aromatic heterocycles. The van der Waals surface area contributed by atoms with Crippen LogP contribution < -0.4 is 10.6 Å². The number of carbonyl (C=O) groups excluding carboxylic acids is 2. The quantitative estimate of drug-likeness (QED) is 0.511. The third-order valence-corrected chi connectivity index (χ3v) is 4.48. The topological polar surface area (TPSA) is 76.7 Å². The average molecular weight is 425 g/mol. The molecule has 2 N–H and O–H groups in total. The van der Waals surface area contributed by atoms with E-state index in [1.165, 1.54) is 24.5 Å². The van der Waals surface area contributed by atoms with E-state index in [4.69, 9.17) is 9.47 Å². The predicted molar refractivity (Wildman–Crippen MR) is 103 cm³/mol. The first-order valence-electron chi connectivity index (χ1n) is 7.34. The van der Waals surface area contributed by atoms with E-state index in [1.807, 2.05) is 12.1 Å². The molecule has 132 valence electrons. The highest BCUT2D eigenvalue weighted by molar-refractivity contribution is 9.11. The molecular weight excluding hydrogens is 408 g/mol. The molecule has 0 spiro atoms. The van der Waals surface area contributed by atoms with E-state index in [9.17, 15) is 9.59 Å². The van der Waals surface area contributed by atoms with E-state index in [0.717, 1.165) is 8.66 Å². The van der Waals surface area contributed by atoms with Crippen LogP contribution in [0, 0.1) is 0 Å². The van der Waals surface area contributed by atoms with Crippen molar-refractivity contribution < 1.29 is 19.1 Å². The monoisotopic (exact) mass is 424 g/mol. The summed E-state index contributed by atoms with van der Waals surface area (Å²) in [5.74, 6) is -0.260. The fraction of sp³-hybridized carbons (Fsp3) is 0.176. The Labute approximate surface area is 158 Å². The number of hydrogen-bond acceptors (Lipinski definition) is 5. The minimum Gasteiger partial charge on any atom is -0.447 e. The number of ether oxygens (including phenoxy) is 2. The highest BCUT2D eigenvalue weighted by atomic mass is 79.9. The molecule has 6 nitrogen and oxygen atoms in total. The molecule has 0 saturated carbocycles. The van der Waals surface area contributed by atoms with Gasteiger partial charge in [-0.2, -0.15) is 0 Å². The maximum atomic E-state index is 12.0. The summed E-state index contributed by atoms with van der Waals surface area (Å²) in [4.78, 5) is 24.5. The second-order valence-electron chi connectivity index (χ2n) is 4.80. The van der Waals surface area contributed by atoms with Gasteiger partial charge in [0.1, 0.15) is 6.61 Å². The number of amides is 2. The van der Waals surface area contributed by atoms with E-state index >= 15 is 0 Å². The van der Waals surface area contributed by atoms with E-state index in [2.05, 4.69) is 26.6 Å². The second kappa shape index (κ2) is 9.97. The van der Waals surface area contributed by atoms with Crippen LogP contribution in [0.2, 0.25) is 0 Å². The van der Waals surface area contributed by atoms with Gasteiger partial charge in [0, 0.05) is 29.4 Å². The Kier molecular flexibility index (Phi) is 7.65. The van der Waals surface area contributed by atoms with Crippen molar-refractivity contribution in [3.63, 3.8) is 0 Å². The lowest BCUT2D eigenvalue weighted by Gasteiger charge is -2.08. The third kappa shape index (κ3) is 7.08. The highest BCUT2D eigenvalue weighted by Crippen LogP contribution is 2.23. The fourth-order valence-electron chi connectivity index (χ4n) is 1.81. The van der Waals surface area contributed by atoms with Crippen LogP contribution in [0.25, 0.3) is 6.08 Å². The van der Waals surface area contributed by atoms with Gasteiger partial charge in [-0.3, -0.25) is 10.1 Å². The minimum atomic E-state index is -0.580. The third-order valence-electron chi connectivity index (χ3n) is 2.89. The fourth-order valence-corrected chi connectivity index (χ4v) is 3.13. The number of nitrogens with one attached hydrogen (secondary N) is 2. The van der Waals surface area contributed by atoms with Gasteiger partial charge in [-0.25, -0.2) is 4.79 Å². The lowest BCUT2D eigenvalue weighted by molar-refractivity contribution is -0.111. The van der Waals surface area contributed by atoms with Gasteiger partial charge in [0.05, 0.1) is 10.4 Å². The largest absolute Gasteiger partial charge is 0.447 e. The number of hydrogen-bond donors (Lipinski definition) is 2. The lowest BCUT2D eigenvalue weighted by atomic mass is 10.2. The number of carbonyl (C=O) groups is 2. The Morgan fingerprint density at radius 1 is 1.16 bits per heavy atom. The minimum absolute atomic E-state index is 0.169. The number of halogens is 1. The zero-order valence-electron chi connectivity index (χ0n) is 13.5. The smallest absolute Gasteiger partial charge is 0.411 e. The Balaban J connectivity index is 1.88. The van der Waals surface area contributed by atoms with Crippen molar-refractivity contribution in [3.8, 4) is 0 Å². The van der Waals surface area contributed by atoms with Crippen LogP contribution in [0.4, 0.5) is 16.2 Å². The summed E-state index contributed by atoms with van der Waals surface area (Å²) in [6.45, 7) is 0.499. The predicted octanol–water partition coefficient (Wildman–Crippen LogP) is 4.36. The summed E-state index contributed by atoms with van der Waals surface area (Å²) in [7, 11) is 1.53. The zero-order valence-corrected chi connectivity index (χ0v) is 15.9. The first-order chi connectivity index (χ1) is 12.1. The zero-order chi connectivity index (χ0) is 18.1. The Morgan fingerprint density at radius 3 is 2.60 bits per heavy atom. The number of anilines is 2. The van der Waals surface area contributed by atoms with Crippen LogP contribution >= 0.6 is 27.3 Å². The van der Waals surface area contributed by atoms with Crippen molar-refractivity contribution in [1.29, 1.82) is 0 Å². The molecule has 0 bridgehead atoms. The van der Waals surface area contributed by atoms with Crippen LogP contribution in [-0.2, 0) is 14.3 Å². The molecule has 2 aromatic rings. The van der Waals surface area contributed by atoms with Gasteiger partial charge in [0.15, 0.2) is 0 Å². The lowest BCUT2D eigenvalue weighted by Crippen LogP contribution is -2.16. The van der Waals surface area contributed by atoms with E-state index in [0.29, 0.717) is 18.0 Å². The Hall–Kier alpha value is -2.16. The van der Waals surface area contributed by atoms with Gasteiger partial charge in [-0.15, -0.1) is 11.3 Å². The molecule has 0 unspecified atom stereocenters. The molecule has 2 amide bonds. The van der Waals surface area contributed by atoms with Crippen LogP contribution in [0.5, 0.6) is 0 Å². The standard InChI is InChI=1S/C17H17BrN2O4S/c1-23-9-10-24-17(22)20-13-4-2-3-12(11-13)19-16(21)8-6-14-5-7-15(18)25-14/h2-8,11H,9-10H2,1H3,(H,19,21)(H,20,22)/b8-6+. The average Bonchev–Trinajstić information content (AvgIpc) is 2.99. The number of methoxy groups -OCH3 is 1. The molecule has 0 aliphatic heterocycles. The first-order valence-corrected chi connectivity index (χ1v) is 8.95. The summed E-state index contributed by atoms with van der Waals surface area (Å²) in [5.41, 5.74) is 1.09. The molecule has 0 saturated heterocycles. The Bertz CT molecular complexity index is 761. The normalized spacial score (nSPS) is 10.6. The molecule has 0 atom stereocenters. The molecule has 1 aromatic carbocycles. The van der Waals surface area contributed by atoms with Crippen molar-refractivity contribution in [2.24, 2.45) is 0 Å². The molecule has 2 rings (SSSR count). The summed E-state index contributed by atoms with van der Waals surface area (Å²) in [6.07, 6.45) is 2.61. The van der Waals surface area contributed by atoms with Gasteiger partial charge < -0.3 is 14.8 Å². The van der Waals surface area contributed by atoms with Crippen molar-refractivity contribution in [3.05, 3.63) is 51.1 Å². The molecular formula is C17H17BrN2O4S. The highest BCUT2D eigenvalue weighted by Gasteiger charge is 2.05. The summed E-state index contributed by atoms with van der Waals surface area (Å²) in [6, 6.07) is 10.6. The van der Waals surface area contributed by atoms with Gasteiger partial charge in [0.2, 0.25) is 5.91 Å². The molecule has 0 radical (unpaired) electrons. The number of rotatable bonds is 7. The van der Waals surface area contributed by atoms with Gasteiger partial charge in [0.25, 0.3) is 0 Å². The Morgan fingerprint density at radius 2 is 1.92 bits per heavy atom. The van der Waals surface area contributed by atoms with Crippen LogP contribution in [0.15, 0.2) is 46.3 Å². The summed E-state index contributed by atoms with van der Waals surface area (Å²) >= 11 is 4.91. The van der Waals surface area contributed by atoms with Gasteiger partial charge in [-0.05, 0) is 52.3 Å². The SMILES string of the molecule is COCCOC(=O)Nc1cccc(NC(=O)/C=C/c2ccc(Br)s2)c1. The van der Waals surface area contributed by atoms with E-state index in [-0.39, 0.29) is 12.5 Å². The number of benzene rings is 1. The molecule has 0 aliphatic rings. The molecule has 8 heteroatoms. The van der Waals surface area contributed by atoms with Crippen LogP contribution in [-0.4, -0.2) is 32.3 Å². The van der Waals surface area contributed by atoms with Crippen molar-refractivity contribution in [2.45, 2.75) is 0 Å². The van der Waals surface area contributed by atoms with Crippen molar-refractivity contribution in [1.82, 2.24) is 0 Å². The van der Waals surface area contributed by atoms with Crippen molar-refractivity contribution >= 4 is 56.7 Å². The van der Waals surface area contributed by atoms with E-state index < -0.39 is 6.09 Å². The molecule has 1 heterocycles. The van der Waals surface area contributed by atoms with Gasteiger partial charge >= 0.3 is 6.09 Å². The molecule has 25 heavy (non-hydrogen) atoms. The van der Waals surface area contributed by atoms with E-state index in [1.54, 1.807) is 30.3 Å². The molecule has 0 aliphatic carbocycles. The maximum Gasteiger partial charge on any atom is 0.411 e. The van der Waals surface area contributed by atoms with Crippen LogP contribution in [0.3, 0.4) is 0 Å². The first kappa shape index (κ1) is 19.2. The maximum absolute atomic E-state index is 12.0. The van der Waals surface area contributed by atoms with Crippen LogP contribution in [0.1, 0.15) is 4.88 Å². The summed E-state index contributed by atoms with van der Waals surface area (Å²) < 4.78 is 10.7. The van der Waals surface area contributed by atoms with Gasteiger partial charge in [-0.1, -0.05) is 6.07 Å². The second-order valence-corrected chi connectivity index (χ2v) is 7.29.